The molecule has 0 radical (unpaired) electrons. The van der Waals surface area contributed by atoms with Crippen LogP contribution in [-0.2, 0) is 9.59 Å². The van der Waals surface area contributed by atoms with Crippen LogP contribution in [0.2, 0.25) is 0 Å². The van der Waals surface area contributed by atoms with Crippen LogP contribution >= 0.6 is 0 Å². The minimum atomic E-state index is -1.24. The summed E-state index contributed by atoms with van der Waals surface area (Å²) in [7, 11) is 0. The summed E-state index contributed by atoms with van der Waals surface area (Å²) in [5, 5.41) is 19.8. The zero-order valence-electron chi connectivity index (χ0n) is 9.06. The van der Waals surface area contributed by atoms with Gasteiger partial charge in [0.15, 0.2) is 0 Å². The molecule has 0 spiro atoms. The van der Waals surface area contributed by atoms with Gasteiger partial charge >= 0.3 is 5.97 Å². The SMILES string of the molecule is NC1CCCCC1C(=O)N[C@@H](CO)C(=O)O. The first-order valence-electron chi connectivity index (χ1n) is 5.46. The lowest BCUT2D eigenvalue weighted by molar-refractivity contribution is -0.143. The van der Waals surface area contributed by atoms with Crippen LogP contribution < -0.4 is 11.1 Å². The van der Waals surface area contributed by atoms with Gasteiger partial charge in [-0.25, -0.2) is 4.79 Å². The van der Waals surface area contributed by atoms with Crippen LogP contribution in [0.25, 0.3) is 0 Å². The molecule has 0 aliphatic heterocycles. The maximum Gasteiger partial charge on any atom is 0.328 e. The molecule has 0 heterocycles. The molecule has 0 aromatic heterocycles. The standard InChI is InChI=1S/C10H18N2O4/c11-7-4-2-1-3-6(7)9(14)12-8(5-13)10(15)16/h6-8,13H,1-5,11H2,(H,12,14)(H,15,16)/t6?,7?,8-/m0/s1. The van der Waals surface area contributed by atoms with Gasteiger partial charge in [0, 0.05) is 6.04 Å². The zero-order chi connectivity index (χ0) is 12.1. The molecule has 1 saturated carbocycles. The molecule has 5 N–H and O–H groups in total. The number of rotatable bonds is 4. The van der Waals surface area contributed by atoms with Gasteiger partial charge in [0.1, 0.15) is 6.04 Å². The van der Waals surface area contributed by atoms with E-state index < -0.39 is 18.6 Å². The van der Waals surface area contributed by atoms with Crippen molar-refractivity contribution < 1.29 is 19.8 Å². The van der Waals surface area contributed by atoms with Gasteiger partial charge in [0.2, 0.25) is 5.91 Å². The van der Waals surface area contributed by atoms with Crippen LogP contribution in [0.1, 0.15) is 25.7 Å². The van der Waals surface area contributed by atoms with Crippen LogP contribution in [0.5, 0.6) is 0 Å². The number of aliphatic hydroxyl groups excluding tert-OH is 1. The summed E-state index contributed by atoms with van der Waals surface area (Å²) in [6, 6.07) is -1.44. The predicted molar refractivity (Wildman–Crippen MR) is 56.6 cm³/mol. The second-order valence-corrected chi connectivity index (χ2v) is 4.14. The lowest BCUT2D eigenvalue weighted by Crippen LogP contribution is -2.50. The van der Waals surface area contributed by atoms with Gasteiger partial charge in [-0.1, -0.05) is 12.8 Å². The van der Waals surface area contributed by atoms with Crippen molar-refractivity contribution in [3.63, 3.8) is 0 Å². The Kier molecular flexibility index (Phi) is 4.70. The largest absolute Gasteiger partial charge is 0.480 e. The normalized spacial score (nSPS) is 27.1. The molecule has 1 aliphatic rings. The molecule has 16 heavy (non-hydrogen) atoms. The van der Waals surface area contributed by atoms with Gasteiger partial charge in [-0.05, 0) is 12.8 Å². The molecule has 0 saturated heterocycles. The molecule has 0 bridgehead atoms. The Morgan fingerprint density at radius 2 is 2.00 bits per heavy atom. The van der Waals surface area contributed by atoms with E-state index in [0.717, 1.165) is 19.3 Å². The fourth-order valence-corrected chi connectivity index (χ4v) is 1.95. The summed E-state index contributed by atoms with van der Waals surface area (Å²) in [6.07, 6.45) is 3.41. The molecule has 6 nitrogen and oxygen atoms in total. The van der Waals surface area contributed by atoms with Crippen molar-refractivity contribution in [1.29, 1.82) is 0 Å². The first-order valence-corrected chi connectivity index (χ1v) is 5.46. The van der Waals surface area contributed by atoms with Gasteiger partial charge < -0.3 is 21.3 Å². The number of nitrogens with one attached hydrogen (secondary N) is 1. The Hall–Kier alpha value is -1.14. The highest BCUT2D eigenvalue weighted by Gasteiger charge is 2.30. The number of carbonyl (C=O) groups is 2. The molecule has 1 rings (SSSR count). The van der Waals surface area contributed by atoms with E-state index in [1.807, 2.05) is 0 Å². The molecule has 92 valence electrons. The third-order valence-electron chi connectivity index (χ3n) is 2.95. The van der Waals surface area contributed by atoms with Crippen molar-refractivity contribution in [2.45, 2.75) is 37.8 Å². The number of carbonyl (C=O) groups excluding carboxylic acids is 1. The second kappa shape index (κ2) is 5.81. The van der Waals surface area contributed by atoms with Crippen LogP contribution in [0.3, 0.4) is 0 Å². The van der Waals surface area contributed by atoms with Crippen LogP contribution in [0.15, 0.2) is 0 Å². The van der Waals surface area contributed by atoms with E-state index in [1.54, 1.807) is 0 Å². The fourth-order valence-electron chi connectivity index (χ4n) is 1.95. The lowest BCUT2D eigenvalue weighted by atomic mass is 9.84. The van der Waals surface area contributed by atoms with E-state index in [9.17, 15) is 9.59 Å². The summed E-state index contributed by atoms with van der Waals surface area (Å²) in [5.74, 6) is -1.93. The van der Waals surface area contributed by atoms with E-state index >= 15 is 0 Å². The maximum absolute atomic E-state index is 11.7. The number of carboxylic acid groups (broad SMARTS) is 1. The third-order valence-corrected chi connectivity index (χ3v) is 2.95. The van der Waals surface area contributed by atoms with E-state index in [-0.39, 0.29) is 17.9 Å². The molecule has 1 fully saturated rings. The van der Waals surface area contributed by atoms with Crippen molar-refractivity contribution in [1.82, 2.24) is 5.32 Å². The Morgan fingerprint density at radius 3 is 2.50 bits per heavy atom. The van der Waals surface area contributed by atoms with Gasteiger partial charge in [-0.2, -0.15) is 0 Å². The number of aliphatic hydroxyl groups is 1. The topological polar surface area (TPSA) is 113 Å². The van der Waals surface area contributed by atoms with Crippen LogP contribution in [0.4, 0.5) is 0 Å². The molecular formula is C10H18N2O4. The van der Waals surface area contributed by atoms with E-state index in [0.29, 0.717) is 6.42 Å². The summed E-state index contributed by atoms with van der Waals surface area (Å²) >= 11 is 0. The zero-order valence-corrected chi connectivity index (χ0v) is 9.06. The fraction of sp³-hybridized carbons (Fsp3) is 0.800. The first-order chi connectivity index (χ1) is 7.56. The number of amides is 1. The van der Waals surface area contributed by atoms with Crippen molar-refractivity contribution >= 4 is 11.9 Å². The van der Waals surface area contributed by atoms with E-state index in [2.05, 4.69) is 5.32 Å². The number of hydrogen-bond donors (Lipinski definition) is 4. The number of carboxylic acids is 1. The molecular weight excluding hydrogens is 212 g/mol. The lowest BCUT2D eigenvalue weighted by Gasteiger charge is -2.28. The summed E-state index contributed by atoms with van der Waals surface area (Å²) in [4.78, 5) is 22.3. The molecule has 0 aromatic rings. The number of nitrogens with two attached hydrogens (primary N) is 1. The minimum Gasteiger partial charge on any atom is -0.480 e. The average molecular weight is 230 g/mol. The maximum atomic E-state index is 11.7. The quantitative estimate of drug-likeness (QED) is 0.498. The van der Waals surface area contributed by atoms with Crippen molar-refractivity contribution in [2.75, 3.05) is 6.61 Å². The molecule has 2 unspecified atom stereocenters. The van der Waals surface area contributed by atoms with Crippen molar-refractivity contribution in [3.05, 3.63) is 0 Å². The van der Waals surface area contributed by atoms with Crippen LogP contribution in [-0.4, -0.2) is 40.8 Å². The second-order valence-electron chi connectivity index (χ2n) is 4.14. The third kappa shape index (κ3) is 3.18. The molecule has 3 atom stereocenters. The Balaban J connectivity index is 2.52. The van der Waals surface area contributed by atoms with Crippen molar-refractivity contribution in [2.24, 2.45) is 11.7 Å². The average Bonchev–Trinajstić information content (AvgIpc) is 2.25. The number of hydrogen-bond acceptors (Lipinski definition) is 4. The highest BCUT2D eigenvalue weighted by Crippen LogP contribution is 2.23. The van der Waals surface area contributed by atoms with Gasteiger partial charge in [-0.15, -0.1) is 0 Å². The molecule has 1 aliphatic carbocycles. The van der Waals surface area contributed by atoms with Crippen molar-refractivity contribution in [3.8, 4) is 0 Å². The molecule has 1 amide bonds. The Bertz CT molecular complexity index is 270. The molecule has 0 aromatic carbocycles. The van der Waals surface area contributed by atoms with Gasteiger partial charge in [-0.3, -0.25) is 4.79 Å². The summed E-state index contributed by atoms with van der Waals surface area (Å²) in [5.41, 5.74) is 5.80. The smallest absolute Gasteiger partial charge is 0.328 e. The summed E-state index contributed by atoms with van der Waals surface area (Å²) in [6.45, 7) is -0.608. The first kappa shape index (κ1) is 12.9. The Labute approximate surface area is 93.8 Å². The predicted octanol–water partition coefficient (Wildman–Crippen LogP) is -0.934. The van der Waals surface area contributed by atoms with Gasteiger partial charge in [0.05, 0.1) is 12.5 Å². The number of aliphatic carboxylic acids is 1. The highest BCUT2D eigenvalue weighted by molar-refractivity contribution is 5.85. The van der Waals surface area contributed by atoms with E-state index in [4.69, 9.17) is 15.9 Å². The molecule has 6 heteroatoms. The minimum absolute atomic E-state index is 0.207. The highest BCUT2D eigenvalue weighted by atomic mass is 16.4. The van der Waals surface area contributed by atoms with E-state index in [1.165, 1.54) is 0 Å². The Morgan fingerprint density at radius 1 is 1.38 bits per heavy atom. The van der Waals surface area contributed by atoms with Gasteiger partial charge in [0.25, 0.3) is 0 Å². The van der Waals surface area contributed by atoms with Crippen LogP contribution in [0, 0.1) is 5.92 Å². The monoisotopic (exact) mass is 230 g/mol. The summed E-state index contributed by atoms with van der Waals surface area (Å²) < 4.78 is 0.